The van der Waals surface area contributed by atoms with Crippen molar-refractivity contribution in [1.29, 1.82) is 0 Å². The van der Waals surface area contributed by atoms with Gasteiger partial charge in [0.1, 0.15) is 0 Å². The van der Waals surface area contributed by atoms with Crippen molar-refractivity contribution in [2.24, 2.45) is 0 Å². The molecule has 0 heterocycles. The molecule has 194 valence electrons. The van der Waals surface area contributed by atoms with Gasteiger partial charge in [0, 0.05) is 6.61 Å². The van der Waals surface area contributed by atoms with Crippen molar-refractivity contribution in [3.05, 3.63) is 0 Å². The number of hydrogen-bond donors (Lipinski definition) is 1. The molecule has 0 radical (unpaired) electrons. The minimum atomic E-state index is 0.368. The molecular weight excluding hydrogens is 390 g/mol. The number of aliphatic hydroxyl groups is 1. The van der Waals surface area contributed by atoms with Crippen molar-refractivity contribution in [2.75, 3.05) is 32.8 Å². The van der Waals surface area contributed by atoms with Crippen molar-refractivity contribution in [2.45, 2.75) is 162 Å². The molecule has 0 aromatic carbocycles. The molecule has 0 aliphatic heterocycles. The first-order chi connectivity index (χ1) is 15.7. The summed E-state index contributed by atoms with van der Waals surface area (Å²) in [6.45, 7) is 13.0. The summed E-state index contributed by atoms with van der Waals surface area (Å²) in [5, 5.41) is 9.14. The molecule has 1 N–H and O–H groups in total. The molecule has 0 unspecified atom stereocenters. The van der Waals surface area contributed by atoms with Crippen molar-refractivity contribution < 1.29 is 9.59 Å². The summed E-state index contributed by atoms with van der Waals surface area (Å²) >= 11 is 0. The summed E-state index contributed by atoms with van der Waals surface area (Å²) in [5.74, 6) is 0. The Balaban J connectivity index is 4.72. The number of hydrogen-bond acceptors (Lipinski definition) is 1. The second-order valence-corrected chi connectivity index (χ2v) is 10.7. The topological polar surface area (TPSA) is 20.2 Å². The molecule has 0 rings (SSSR count). The highest BCUT2D eigenvalue weighted by atomic mass is 16.2. The van der Waals surface area contributed by atoms with Gasteiger partial charge in [0.2, 0.25) is 0 Å². The van der Waals surface area contributed by atoms with Crippen molar-refractivity contribution >= 4 is 0 Å². The Kier molecular flexibility index (Phi) is 25.5. The third-order valence-electron chi connectivity index (χ3n) is 7.50. The molecule has 0 amide bonds. The van der Waals surface area contributed by atoms with E-state index in [9.17, 15) is 0 Å². The molecule has 0 bridgehead atoms. The Hall–Kier alpha value is -0.0800. The second-order valence-electron chi connectivity index (χ2n) is 10.7. The number of aliphatic hydroxyl groups excluding tert-OH is 1. The molecule has 0 atom stereocenters. The minimum absolute atomic E-state index is 0.368. The molecule has 0 aromatic rings. The smallest absolute Gasteiger partial charge is 0.0786 e. The van der Waals surface area contributed by atoms with Gasteiger partial charge >= 0.3 is 0 Å². The third-order valence-corrected chi connectivity index (χ3v) is 7.50. The highest BCUT2D eigenvalue weighted by molar-refractivity contribution is 4.55. The third kappa shape index (κ3) is 20.5. The van der Waals surface area contributed by atoms with E-state index in [-0.39, 0.29) is 0 Å². The molecule has 2 heteroatoms. The average molecular weight is 455 g/mol. The highest BCUT2D eigenvalue weighted by Gasteiger charge is 2.25. The summed E-state index contributed by atoms with van der Waals surface area (Å²) in [6.07, 6.45) is 30.5. The van der Waals surface area contributed by atoms with E-state index >= 15 is 0 Å². The molecule has 2 nitrogen and oxygen atoms in total. The maximum absolute atomic E-state index is 9.14. The van der Waals surface area contributed by atoms with E-state index in [1.54, 1.807) is 0 Å². The SMILES string of the molecule is CCCCCCCC[N+](CCCCCCO)(CCCCCCCC)CCCCCCCC. The number of rotatable bonds is 27. The van der Waals surface area contributed by atoms with Crippen LogP contribution in [0.15, 0.2) is 0 Å². The highest BCUT2D eigenvalue weighted by Crippen LogP contribution is 2.20. The molecule has 0 aliphatic rings. The standard InChI is InChI=1S/C30H64NO/c1-4-7-10-13-16-21-26-31(29-24-19-20-25-30-32,27-22-17-14-11-8-5-2)28-23-18-15-12-9-6-3/h32H,4-30H2,1-3H3/q+1. The fraction of sp³-hybridized carbons (Fsp3) is 1.00. The van der Waals surface area contributed by atoms with E-state index < -0.39 is 0 Å². The Morgan fingerprint density at radius 1 is 0.344 bits per heavy atom. The monoisotopic (exact) mass is 454 g/mol. The summed E-state index contributed by atoms with van der Waals surface area (Å²) < 4.78 is 1.41. The molecular formula is C30H64NO+. The van der Waals surface area contributed by atoms with Gasteiger partial charge in [-0.15, -0.1) is 0 Å². The van der Waals surface area contributed by atoms with Crippen LogP contribution >= 0.6 is 0 Å². The molecule has 0 aliphatic carbocycles. The molecule has 0 spiro atoms. The van der Waals surface area contributed by atoms with Crippen LogP contribution in [0.3, 0.4) is 0 Å². The average Bonchev–Trinajstić information content (AvgIpc) is 2.80. The summed E-state index contributed by atoms with van der Waals surface area (Å²) in [7, 11) is 0. The maximum Gasteiger partial charge on any atom is 0.0786 e. The van der Waals surface area contributed by atoms with Crippen molar-refractivity contribution in [3.8, 4) is 0 Å². The zero-order chi connectivity index (χ0) is 23.6. The zero-order valence-corrected chi connectivity index (χ0v) is 23.0. The Labute approximate surface area is 204 Å². The zero-order valence-electron chi connectivity index (χ0n) is 23.0. The van der Waals surface area contributed by atoms with Crippen LogP contribution < -0.4 is 0 Å². The van der Waals surface area contributed by atoms with Gasteiger partial charge in [-0.25, -0.2) is 0 Å². The predicted octanol–water partition coefficient (Wildman–Crippen LogP) is 9.44. The summed E-state index contributed by atoms with van der Waals surface area (Å²) in [5.41, 5.74) is 0. The Morgan fingerprint density at radius 3 is 0.875 bits per heavy atom. The van der Waals surface area contributed by atoms with Crippen LogP contribution in [0.1, 0.15) is 162 Å². The van der Waals surface area contributed by atoms with Crippen LogP contribution in [0.25, 0.3) is 0 Å². The van der Waals surface area contributed by atoms with Crippen LogP contribution in [0, 0.1) is 0 Å². The lowest BCUT2D eigenvalue weighted by Gasteiger charge is -2.40. The molecule has 32 heavy (non-hydrogen) atoms. The number of unbranched alkanes of at least 4 members (excludes halogenated alkanes) is 18. The van der Waals surface area contributed by atoms with Gasteiger partial charge in [-0.1, -0.05) is 104 Å². The molecule has 0 fully saturated rings. The van der Waals surface area contributed by atoms with Crippen molar-refractivity contribution in [1.82, 2.24) is 0 Å². The first-order valence-corrected chi connectivity index (χ1v) is 15.2. The summed E-state index contributed by atoms with van der Waals surface area (Å²) in [4.78, 5) is 0. The lowest BCUT2D eigenvalue weighted by molar-refractivity contribution is -0.929. The van der Waals surface area contributed by atoms with Crippen LogP contribution in [-0.2, 0) is 0 Å². The van der Waals surface area contributed by atoms with Gasteiger partial charge < -0.3 is 9.59 Å². The number of quaternary nitrogens is 1. The molecule has 0 saturated heterocycles. The quantitative estimate of drug-likeness (QED) is 0.0967. The van der Waals surface area contributed by atoms with E-state index in [2.05, 4.69) is 20.8 Å². The molecule has 0 aromatic heterocycles. The van der Waals surface area contributed by atoms with E-state index in [0.29, 0.717) is 6.61 Å². The molecule has 0 saturated carbocycles. The fourth-order valence-electron chi connectivity index (χ4n) is 5.27. The van der Waals surface area contributed by atoms with Crippen LogP contribution in [0.4, 0.5) is 0 Å². The number of nitrogens with zero attached hydrogens (tertiary/aromatic N) is 1. The summed E-state index contributed by atoms with van der Waals surface area (Å²) in [6, 6.07) is 0. The maximum atomic E-state index is 9.14. The van der Waals surface area contributed by atoms with Crippen molar-refractivity contribution in [3.63, 3.8) is 0 Å². The van der Waals surface area contributed by atoms with Gasteiger partial charge in [-0.05, 0) is 57.8 Å². The lowest BCUT2D eigenvalue weighted by Crippen LogP contribution is -2.50. The lowest BCUT2D eigenvalue weighted by atomic mass is 10.0. The Bertz CT molecular complexity index is 303. The second kappa shape index (κ2) is 25.5. The van der Waals surface area contributed by atoms with Gasteiger partial charge in [-0.3, -0.25) is 0 Å². The largest absolute Gasteiger partial charge is 0.396 e. The Morgan fingerprint density at radius 2 is 0.594 bits per heavy atom. The van der Waals surface area contributed by atoms with E-state index in [1.807, 2.05) is 0 Å². The predicted molar refractivity (Wildman–Crippen MR) is 145 cm³/mol. The fourth-order valence-corrected chi connectivity index (χ4v) is 5.27. The van der Waals surface area contributed by atoms with Gasteiger partial charge in [0.05, 0.1) is 26.2 Å². The van der Waals surface area contributed by atoms with Crippen LogP contribution in [-0.4, -0.2) is 42.4 Å². The van der Waals surface area contributed by atoms with Gasteiger partial charge in [0.25, 0.3) is 0 Å². The van der Waals surface area contributed by atoms with E-state index in [1.165, 1.54) is 165 Å². The van der Waals surface area contributed by atoms with E-state index in [4.69, 9.17) is 5.11 Å². The first kappa shape index (κ1) is 31.9. The van der Waals surface area contributed by atoms with E-state index in [0.717, 1.165) is 6.42 Å². The van der Waals surface area contributed by atoms with Gasteiger partial charge in [-0.2, -0.15) is 0 Å². The van der Waals surface area contributed by atoms with Crippen LogP contribution in [0.2, 0.25) is 0 Å². The minimum Gasteiger partial charge on any atom is -0.396 e. The van der Waals surface area contributed by atoms with Crippen LogP contribution in [0.5, 0.6) is 0 Å². The van der Waals surface area contributed by atoms with Gasteiger partial charge in [0.15, 0.2) is 0 Å². The normalized spacial score (nSPS) is 12.0. The first-order valence-electron chi connectivity index (χ1n) is 15.2.